The summed E-state index contributed by atoms with van der Waals surface area (Å²) in [6.07, 6.45) is 0.473. The van der Waals surface area contributed by atoms with Crippen LogP contribution in [0.3, 0.4) is 0 Å². The molecule has 8 N–H and O–H groups in total. The minimum atomic E-state index is -4.27. The number of hydrogen-bond donors (Lipinski definition) is 5. The van der Waals surface area contributed by atoms with E-state index in [1.165, 1.54) is 31.4 Å². The number of benzene rings is 2. The van der Waals surface area contributed by atoms with Gasteiger partial charge >= 0.3 is 5.97 Å². The molecule has 0 bridgehead atoms. The molecule has 2 aromatic carbocycles. The lowest BCUT2D eigenvalue weighted by Gasteiger charge is -2.09. The molecule has 0 aliphatic rings. The fourth-order valence-electron chi connectivity index (χ4n) is 2.01. The third-order valence-corrected chi connectivity index (χ3v) is 4.59. The topological polar surface area (TPSA) is 188 Å². The van der Waals surface area contributed by atoms with Crippen molar-refractivity contribution in [1.29, 1.82) is 0 Å². The van der Waals surface area contributed by atoms with Gasteiger partial charge in [-0.05, 0) is 30.7 Å². The number of nitrogens with two attached hydrogens (primary N) is 3. The van der Waals surface area contributed by atoms with Crippen LogP contribution in [0.1, 0.15) is 12.8 Å². The van der Waals surface area contributed by atoms with Gasteiger partial charge in [-0.1, -0.05) is 11.6 Å². The van der Waals surface area contributed by atoms with Gasteiger partial charge in [-0.15, -0.1) is 0 Å². The van der Waals surface area contributed by atoms with Crippen LogP contribution in [0.15, 0.2) is 35.2 Å². The molecule has 160 valence electrons. The van der Waals surface area contributed by atoms with Crippen molar-refractivity contribution < 1.29 is 32.3 Å². The van der Waals surface area contributed by atoms with E-state index in [0.717, 1.165) is 6.07 Å². The summed E-state index contributed by atoms with van der Waals surface area (Å²) in [6, 6.07) is 7.02. The van der Waals surface area contributed by atoms with Crippen molar-refractivity contribution in [2.24, 2.45) is 0 Å². The van der Waals surface area contributed by atoms with Crippen molar-refractivity contribution in [3.05, 3.63) is 35.4 Å². The molecule has 0 radical (unpaired) electrons. The maximum absolute atomic E-state index is 10.8. The van der Waals surface area contributed by atoms with E-state index in [9.17, 15) is 13.2 Å². The first kappa shape index (κ1) is 24.1. The minimum Gasteiger partial charge on any atom is -0.495 e. The van der Waals surface area contributed by atoms with Crippen molar-refractivity contribution in [2.45, 2.75) is 17.7 Å². The molecule has 0 heterocycles. The molecule has 2 rings (SSSR count). The van der Waals surface area contributed by atoms with E-state index in [1.807, 2.05) is 0 Å². The highest BCUT2D eigenvalue weighted by Gasteiger charge is 2.16. The van der Waals surface area contributed by atoms with Crippen molar-refractivity contribution in [1.82, 2.24) is 0 Å². The summed E-state index contributed by atoms with van der Waals surface area (Å²) >= 11 is 5.75. The highest BCUT2D eigenvalue weighted by molar-refractivity contribution is 7.86. The third-order valence-electron chi connectivity index (χ3n) is 3.39. The van der Waals surface area contributed by atoms with Crippen molar-refractivity contribution in [3.63, 3.8) is 0 Å². The summed E-state index contributed by atoms with van der Waals surface area (Å²) in [4.78, 5) is 9.93. The zero-order valence-corrected chi connectivity index (χ0v) is 17.0. The van der Waals surface area contributed by atoms with E-state index >= 15 is 0 Å². The SMILES string of the molecule is COc1ccc(N)cc1S(=O)(=O)O.Nc1cc(OCCCC(=O)O)c(N)cc1Cl. The average Bonchev–Trinajstić information content (AvgIpc) is 2.62. The Bertz CT molecular complexity index is 968. The number of halogens is 1. The Morgan fingerprint density at radius 1 is 1.10 bits per heavy atom. The lowest BCUT2D eigenvalue weighted by molar-refractivity contribution is -0.137. The monoisotopic (exact) mass is 447 g/mol. The van der Waals surface area contributed by atoms with Gasteiger partial charge in [0.25, 0.3) is 10.1 Å². The lowest BCUT2D eigenvalue weighted by Crippen LogP contribution is -2.04. The molecule has 0 aliphatic carbocycles. The number of carboxylic acid groups (broad SMARTS) is 1. The minimum absolute atomic E-state index is 0.0585. The van der Waals surface area contributed by atoms with Crippen LogP contribution in [0.5, 0.6) is 11.5 Å². The summed E-state index contributed by atoms with van der Waals surface area (Å²) < 4.78 is 40.4. The predicted octanol–water partition coefficient (Wildman–Crippen LogP) is 2.27. The summed E-state index contributed by atoms with van der Waals surface area (Å²) in [5.41, 5.74) is 17.6. The van der Waals surface area contributed by atoms with Crippen LogP contribution in [0.4, 0.5) is 17.1 Å². The van der Waals surface area contributed by atoms with Gasteiger partial charge in [0.2, 0.25) is 0 Å². The maximum atomic E-state index is 10.8. The van der Waals surface area contributed by atoms with E-state index in [0.29, 0.717) is 28.6 Å². The Balaban J connectivity index is 0.000000296. The van der Waals surface area contributed by atoms with Crippen molar-refractivity contribution >= 4 is 44.8 Å². The molecule has 0 atom stereocenters. The zero-order valence-electron chi connectivity index (χ0n) is 15.5. The van der Waals surface area contributed by atoms with Gasteiger partial charge in [-0.3, -0.25) is 9.35 Å². The normalized spacial score (nSPS) is 10.6. The Kier molecular flexibility index (Phi) is 8.83. The quantitative estimate of drug-likeness (QED) is 0.239. The molecule has 0 spiro atoms. The fourth-order valence-corrected chi connectivity index (χ4v) is 2.87. The second kappa shape index (κ2) is 10.6. The number of ether oxygens (including phenoxy) is 2. The van der Waals surface area contributed by atoms with Gasteiger partial charge in [0, 0.05) is 18.2 Å². The van der Waals surface area contributed by atoms with Crippen LogP contribution in [-0.4, -0.2) is 37.8 Å². The highest BCUT2D eigenvalue weighted by atomic mass is 35.5. The second-order valence-electron chi connectivity index (χ2n) is 5.64. The molecular weight excluding hydrogens is 426 g/mol. The van der Waals surface area contributed by atoms with Gasteiger partial charge in [0.1, 0.15) is 16.4 Å². The smallest absolute Gasteiger partial charge is 0.303 e. The molecule has 29 heavy (non-hydrogen) atoms. The summed E-state index contributed by atoms with van der Waals surface area (Å²) in [7, 11) is -2.97. The highest BCUT2D eigenvalue weighted by Crippen LogP contribution is 2.30. The van der Waals surface area contributed by atoms with Crippen LogP contribution in [0.25, 0.3) is 0 Å². The zero-order chi connectivity index (χ0) is 22.2. The number of hydrogen-bond acceptors (Lipinski definition) is 8. The average molecular weight is 448 g/mol. The van der Waals surface area contributed by atoms with E-state index in [2.05, 4.69) is 0 Å². The predicted molar refractivity (Wildman–Crippen MR) is 110 cm³/mol. The van der Waals surface area contributed by atoms with Gasteiger partial charge in [-0.25, -0.2) is 0 Å². The molecule has 0 aliphatic heterocycles. The first-order chi connectivity index (χ1) is 13.5. The lowest BCUT2D eigenvalue weighted by atomic mass is 10.2. The van der Waals surface area contributed by atoms with Crippen molar-refractivity contribution in [2.75, 3.05) is 30.9 Å². The molecule has 0 saturated carbocycles. The number of nitrogen functional groups attached to an aromatic ring is 3. The second-order valence-corrected chi connectivity index (χ2v) is 7.44. The number of anilines is 3. The summed E-state index contributed by atoms with van der Waals surface area (Å²) in [6.45, 7) is 0.275. The maximum Gasteiger partial charge on any atom is 0.303 e. The summed E-state index contributed by atoms with van der Waals surface area (Å²) in [5, 5.41) is 8.80. The van der Waals surface area contributed by atoms with E-state index in [-0.39, 0.29) is 29.4 Å². The standard InChI is InChI=1S/C10H13ClN2O3.C7H9NO4S/c11-6-4-8(13)9(5-7(6)12)16-3-1-2-10(14)15;1-12-6-3-2-5(8)4-7(6)13(9,10)11/h4-5H,1-3,12-13H2,(H,14,15);2-4H,8H2,1H3,(H,9,10,11). The first-order valence-corrected chi connectivity index (χ1v) is 9.87. The molecule has 0 saturated heterocycles. The number of carboxylic acids is 1. The number of carbonyl (C=O) groups is 1. The van der Waals surface area contributed by atoms with Crippen molar-refractivity contribution in [3.8, 4) is 11.5 Å². The van der Waals surface area contributed by atoms with Crippen LogP contribution in [0.2, 0.25) is 5.02 Å². The van der Waals surface area contributed by atoms with Crippen LogP contribution in [-0.2, 0) is 14.9 Å². The van der Waals surface area contributed by atoms with Gasteiger partial charge in [-0.2, -0.15) is 8.42 Å². The molecular formula is C17H22ClN3O7S. The van der Waals surface area contributed by atoms with E-state index in [4.69, 9.17) is 47.9 Å². The third kappa shape index (κ3) is 7.94. The Labute approximate surface area is 172 Å². The van der Waals surface area contributed by atoms with Gasteiger partial charge in [0.15, 0.2) is 0 Å². The summed E-state index contributed by atoms with van der Waals surface area (Å²) in [5.74, 6) is -0.365. The Hall–Kier alpha value is -2.89. The molecule has 10 nitrogen and oxygen atoms in total. The molecule has 0 aromatic heterocycles. The number of rotatable bonds is 7. The Morgan fingerprint density at radius 2 is 1.76 bits per heavy atom. The molecule has 2 aromatic rings. The van der Waals surface area contributed by atoms with Crippen LogP contribution in [0, 0.1) is 0 Å². The largest absolute Gasteiger partial charge is 0.495 e. The van der Waals surface area contributed by atoms with E-state index < -0.39 is 16.1 Å². The number of aliphatic carboxylic acids is 1. The molecule has 12 heteroatoms. The van der Waals surface area contributed by atoms with Crippen LogP contribution < -0.4 is 26.7 Å². The number of methoxy groups -OCH3 is 1. The molecule has 0 fully saturated rings. The van der Waals surface area contributed by atoms with Gasteiger partial charge in [0.05, 0.1) is 30.1 Å². The Morgan fingerprint density at radius 3 is 2.31 bits per heavy atom. The first-order valence-electron chi connectivity index (χ1n) is 8.05. The van der Waals surface area contributed by atoms with Crippen LogP contribution >= 0.6 is 11.6 Å². The molecule has 0 unspecified atom stereocenters. The van der Waals surface area contributed by atoms with E-state index in [1.54, 1.807) is 0 Å². The molecule has 0 amide bonds. The van der Waals surface area contributed by atoms with Gasteiger partial charge < -0.3 is 31.8 Å². The fraction of sp³-hybridized carbons (Fsp3) is 0.235.